The van der Waals surface area contributed by atoms with Gasteiger partial charge in [-0.3, -0.25) is 4.98 Å². The number of fused-ring (bicyclic) bond motifs is 1. The van der Waals surface area contributed by atoms with Crippen molar-refractivity contribution in [1.29, 1.82) is 0 Å². The van der Waals surface area contributed by atoms with Gasteiger partial charge in [0, 0.05) is 43.2 Å². The Labute approximate surface area is 164 Å². The number of rotatable bonds is 4. The van der Waals surface area contributed by atoms with Crippen molar-refractivity contribution in [1.82, 2.24) is 25.3 Å². The van der Waals surface area contributed by atoms with Crippen LogP contribution in [-0.4, -0.2) is 45.2 Å². The normalized spacial score (nSPS) is 20.1. The number of amides is 2. The highest BCUT2D eigenvalue weighted by Gasteiger charge is 2.29. The predicted octanol–water partition coefficient (Wildman–Crippen LogP) is 3.16. The van der Waals surface area contributed by atoms with Crippen molar-refractivity contribution in [2.24, 2.45) is 0 Å². The lowest BCUT2D eigenvalue weighted by molar-refractivity contribution is 0.0835. The van der Waals surface area contributed by atoms with Crippen LogP contribution in [0.5, 0.6) is 0 Å². The van der Waals surface area contributed by atoms with E-state index in [1.54, 1.807) is 0 Å². The molecule has 1 saturated heterocycles. The summed E-state index contributed by atoms with van der Waals surface area (Å²) in [6, 6.07) is 0.138. The largest absolute Gasteiger partial charge is 0.368 e. The molecule has 0 spiro atoms. The second-order valence-corrected chi connectivity index (χ2v) is 7.61. The van der Waals surface area contributed by atoms with Gasteiger partial charge >= 0.3 is 6.03 Å². The lowest BCUT2D eigenvalue weighted by Gasteiger charge is -2.31. The maximum absolute atomic E-state index is 12.5. The van der Waals surface area contributed by atoms with Gasteiger partial charge in [-0.15, -0.1) is 0 Å². The fourth-order valence-corrected chi connectivity index (χ4v) is 3.76. The molecule has 0 aromatic carbocycles. The number of carbonyl (C=O) groups excluding carboxylic acids is 1. The number of pyridine rings is 1. The molecule has 1 N–H and O–H groups in total. The third-order valence-electron chi connectivity index (χ3n) is 5.60. The average Bonchev–Trinajstić information content (AvgIpc) is 3.39. The van der Waals surface area contributed by atoms with Crippen LogP contribution in [0.25, 0.3) is 11.4 Å². The summed E-state index contributed by atoms with van der Waals surface area (Å²) in [5, 5.41) is 7.24. The topological polar surface area (TPSA) is 93.4 Å². The molecular formula is C20H27N5O3. The first-order valence-electron chi connectivity index (χ1n) is 10.0. The third kappa shape index (κ3) is 3.61. The molecule has 2 aliphatic rings. The molecule has 150 valence electrons. The summed E-state index contributed by atoms with van der Waals surface area (Å²) in [6.45, 7) is 7.96. The van der Waals surface area contributed by atoms with Crippen molar-refractivity contribution in [2.45, 2.75) is 65.1 Å². The number of urea groups is 1. The van der Waals surface area contributed by atoms with Gasteiger partial charge in [0.2, 0.25) is 5.82 Å². The highest BCUT2D eigenvalue weighted by molar-refractivity contribution is 5.75. The number of hydrogen-bond donors (Lipinski definition) is 1. The number of nitrogens with zero attached hydrogens (tertiary/aromatic N) is 4. The molecule has 4 heterocycles. The van der Waals surface area contributed by atoms with Crippen LogP contribution < -0.4 is 5.32 Å². The molecule has 4 rings (SSSR count). The van der Waals surface area contributed by atoms with E-state index in [-0.39, 0.29) is 18.2 Å². The second-order valence-electron chi connectivity index (χ2n) is 7.61. The Kier molecular flexibility index (Phi) is 5.30. The Balaban J connectivity index is 1.58. The molecule has 0 saturated carbocycles. The van der Waals surface area contributed by atoms with E-state index in [2.05, 4.69) is 27.4 Å². The number of ether oxygens (including phenoxy) is 1. The highest BCUT2D eigenvalue weighted by Crippen LogP contribution is 2.33. The van der Waals surface area contributed by atoms with Crippen LogP contribution in [0.3, 0.4) is 0 Å². The molecule has 0 bridgehead atoms. The summed E-state index contributed by atoms with van der Waals surface area (Å²) in [6.07, 6.45) is 5.33. The van der Waals surface area contributed by atoms with E-state index < -0.39 is 0 Å². The SMILES string of the molecule is CC[C@@H](C)NC(=O)N1CCc2c(cnc(C)c2-c2noc([C@H]3CCCO3)n2)C1. The molecule has 2 aromatic heterocycles. The van der Waals surface area contributed by atoms with Crippen LogP contribution in [0.2, 0.25) is 0 Å². The van der Waals surface area contributed by atoms with Gasteiger partial charge < -0.3 is 19.5 Å². The van der Waals surface area contributed by atoms with Gasteiger partial charge in [0.1, 0.15) is 6.10 Å². The van der Waals surface area contributed by atoms with Gasteiger partial charge in [0.15, 0.2) is 0 Å². The van der Waals surface area contributed by atoms with Crippen molar-refractivity contribution in [3.8, 4) is 11.4 Å². The number of hydrogen-bond acceptors (Lipinski definition) is 6. The van der Waals surface area contributed by atoms with E-state index in [0.29, 0.717) is 24.8 Å². The third-order valence-corrected chi connectivity index (χ3v) is 5.60. The van der Waals surface area contributed by atoms with Crippen molar-refractivity contribution < 1.29 is 14.1 Å². The molecule has 0 unspecified atom stereocenters. The van der Waals surface area contributed by atoms with E-state index >= 15 is 0 Å². The van der Waals surface area contributed by atoms with E-state index in [1.165, 1.54) is 0 Å². The smallest absolute Gasteiger partial charge is 0.317 e. The minimum absolute atomic E-state index is 0.0256. The van der Waals surface area contributed by atoms with Crippen molar-refractivity contribution in [2.75, 3.05) is 13.2 Å². The highest BCUT2D eigenvalue weighted by atomic mass is 16.5. The maximum Gasteiger partial charge on any atom is 0.317 e. The summed E-state index contributed by atoms with van der Waals surface area (Å²) < 4.78 is 11.1. The minimum Gasteiger partial charge on any atom is -0.368 e. The van der Waals surface area contributed by atoms with Crippen LogP contribution in [0.15, 0.2) is 10.7 Å². The summed E-state index contributed by atoms with van der Waals surface area (Å²) in [5.41, 5.74) is 3.98. The molecule has 2 atom stereocenters. The Morgan fingerprint density at radius 3 is 3.07 bits per heavy atom. The zero-order valence-corrected chi connectivity index (χ0v) is 16.7. The molecular weight excluding hydrogens is 358 g/mol. The first kappa shape index (κ1) is 18.9. The second kappa shape index (κ2) is 7.87. The molecule has 2 amide bonds. The first-order chi connectivity index (χ1) is 13.6. The van der Waals surface area contributed by atoms with Crippen molar-refractivity contribution in [3.63, 3.8) is 0 Å². The molecule has 0 aliphatic carbocycles. The quantitative estimate of drug-likeness (QED) is 0.869. The lowest BCUT2D eigenvalue weighted by Crippen LogP contribution is -2.45. The Bertz CT molecular complexity index is 860. The fraction of sp³-hybridized carbons (Fsp3) is 0.600. The number of aromatic nitrogens is 3. The van der Waals surface area contributed by atoms with E-state index in [4.69, 9.17) is 9.26 Å². The van der Waals surface area contributed by atoms with Gasteiger partial charge in [0.25, 0.3) is 5.89 Å². The van der Waals surface area contributed by atoms with Crippen molar-refractivity contribution in [3.05, 3.63) is 28.9 Å². The fourth-order valence-electron chi connectivity index (χ4n) is 3.76. The Hall–Kier alpha value is -2.48. The monoisotopic (exact) mass is 385 g/mol. The summed E-state index contributed by atoms with van der Waals surface area (Å²) in [7, 11) is 0. The van der Waals surface area contributed by atoms with E-state index in [1.807, 2.05) is 24.9 Å². The average molecular weight is 385 g/mol. The summed E-state index contributed by atoms with van der Waals surface area (Å²) >= 11 is 0. The van der Waals surface area contributed by atoms with Crippen molar-refractivity contribution >= 4 is 6.03 Å². The predicted molar refractivity (Wildman–Crippen MR) is 103 cm³/mol. The Morgan fingerprint density at radius 1 is 1.46 bits per heavy atom. The molecule has 8 nitrogen and oxygen atoms in total. The van der Waals surface area contributed by atoms with Gasteiger partial charge in [-0.1, -0.05) is 12.1 Å². The maximum atomic E-state index is 12.5. The van der Waals surface area contributed by atoms with Gasteiger partial charge in [-0.05, 0) is 50.7 Å². The van der Waals surface area contributed by atoms with Crippen LogP contribution >= 0.6 is 0 Å². The zero-order valence-electron chi connectivity index (χ0n) is 16.7. The molecule has 2 aliphatic heterocycles. The minimum atomic E-state index is -0.103. The van der Waals surface area contributed by atoms with Crippen LogP contribution in [0.4, 0.5) is 4.79 Å². The zero-order chi connectivity index (χ0) is 19.7. The molecule has 2 aromatic rings. The summed E-state index contributed by atoms with van der Waals surface area (Å²) in [4.78, 5) is 23.5. The van der Waals surface area contributed by atoms with Gasteiger partial charge in [-0.2, -0.15) is 4.98 Å². The molecule has 28 heavy (non-hydrogen) atoms. The van der Waals surface area contributed by atoms with Crippen LogP contribution in [0.1, 0.15) is 61.9 Å². The first-order valence-corrected chi connectivity index (χ1v) is 10.0. The summed E-state index contributed by atoms with van der Waals surface area (Å²) in [5.74, 6) is 1.10. The molecule has 1 fully saturated rings. The molecule has 8 heteroatoms. The molecule has 0 radical (unpaired) electrons. The standard InChI is InChI=1S/C20H27N5O3/c1-4-12(2)22-20(26)25-8-7-15-14(11-25)10-21-13(3)17(15)18-23-19(28-24-18)16-6-5-9-27-16/h10,12,16H,4-9,11H2,1-3H3,(H,22,26)/t12-,16-/m1/s1. The van der Waals surface area contributed by atoms with Crippen LogP contribution in [-0.2, 0) is 17.7 Å². The van der Waals surface area contributed by atoms with Gasteiger partial charge in [-0.25, -0.2) is 4.79 Å². The number of carbonyl (C=O) groups is 1. The lowest BCUT2D eigenvalue weighted by atomic mass is 9.94. The van der Waals surface area contributed by atoms with E-state index in [9.17, 15) is 4.79 Å². The number of aryl methyl sites for hydroxylation is 1. The van der Waals surface area contributed by atoms with Gasteiger partial charge in [0.05, 0.1) is 0 Å². The van der Waals surface area contributed by atoms with E-state index in [0.717, 1.165) is 54.7 Å². The van der Waals surface area contributed by atoms with Crippen LogP contribution in [0, 0.1) is 6.92 Å². The number of nitrogens with one attached hydrogen (secondary N) is 1. The Morgan fingerprint density at radius 2 is 2.32 bits per heavy atom.